The van der Waals surface area contributed by atoms with E-state index in [-0.39, 0.29) is 0 Å². The second kappa shape index (κ2) is 6.06. The van der Waals surface area contributed by atoms with E-state index in [1.54, 1.807) is 0 Å². The molecule has 1 aliphatic heterocycles. The van der Waals surface area contributed by atoms with Crippen molar-refractivity contribution in [2.24, 2.45) is 7.05 Å². The van der Waals surface area contributed by atoms with E-state index in [1.807, 2.05) is 18.0 Å². The first-order chi connectivity index (χ1) is 11.6. The molecule has 122 valence electrons. The van der Waals surface area contributed by atoms with Crippen molar-refractivity contribution in [3.05, 3.63) is 65.4 Å². The number of ether oxygens (including phenoxy) is 1. The molecule has 0 spiro atoms. The molecule has 0 unspecified atom stereocenters. The summed E-state index contributed by atoms with van der Waals surface area (Å²) >= 11 is 1.94. The molecule has 0 saturated heterocycles. The predicted molar refractivity (Wildman–Crippen MR) is 103 cm³/mol. The van der Waals surface area contributed by atoms with E-state index in [0.29, 0.717) is 0 Å². The number of para-hydroxylation sites is 1. The first-order valence-electron chi connectivity index (χ1n) is 8.28. The van der Waals surface area contributed by atoms with Crippen LogP contribution in [0.3, 0.4) is 0 Å². The van der Waals surface area contributed by atoms with Crippen LogP contribution in [-0.2, 0) is 7.05 Å². The molecule has 1 aromatic heterocycles. The minimum atomic E-state index is 0.917. The molecule has 1 aliphatic rings. The number of aryl methyl sites for hydroxylation is 3. The Kier molecular flexibility index (Phi) is 3.89. The summed E-state index contributed by atoms with van der Waals surface area (Å²) in [7, 11) is 2.15. The summed E-state index contributed by atoms with van der Waals surface area (Å²) in [6.07, 6.45) is 3.00. The maximum Gasteiger partial charge on any atom is 0.127 e. The maximum atomic E-state index is 6.04. The van der Waals surface area contributed by atoms with Crippen molar-refractivity contribution >= 4 is 28.2 Å². The van der Waals surface area contributed by atoms with Gasteiger partial charge in [-0.3, -0.25) is 0 Å². The normalized spacial score (nSPS) is 15.7. The molecular weight excluding hydrogens is 314 g/mol. The summed E-state index contributed by atoms with van der Waals surface area (Å²) in [4.78, 5) is 0. The average Bonchev–Trinajstić information content (AvgIpc) is 2.86. The topological polar surface area (TPSA) is 14.2 Å². The Balaban J connectivity index is 1.77. The van der Waals surface area contributed by atoms with Crippen molar-refractivity contribution in [1.29, 1.82) is 0 Å². The first-order valence-corrected chi connectivity index (χ1v) is 9.26. The highest BCUT2D eigenvalue weighted by molar-refractivity contribution is 7.99. The number of aromatic nitrogens is 1. The van der Waals surface area contributed by atoms with Crippen LogP contribution in [0.25, 0.3) is 16.5 Å². The van der Waals surface area contributed by atoms with Crippen LogP contribution in [0.1, 0.15) is 23.1 Å². The molecule has 0 bridgehead atoms. The number of benzene rings is 2. The lowest BCUT2D eigenvalue weighted by Crippen LogP contribution is -2.01. The van der Waals surface area contributed by atoms with Gasteiger partial charge in [-0.15, -0.1) is 11.8 Å². The van der Waals surface area contributed by atoms with Gasteiger partial charge in [-0.2, -0.15) is 0 Å². The molecule has 0 radical (unpaired) electrons. The third kappa shape index (κ3) is 2.63. The van der Waals surface area contributed by atoms with Gasteiger partial charge in [0.05, 0.1) is 11.3 Å². The highest BCUT2D eigenvalue weighted by Gasteiger charge is 2.22. The second-order valence-electron chi connectivity index (χ2n) is 6.44. The van der Waals surface area contributed by atoms with Gasteiger partial charge in [-0.25, -0.2) is 0 Å². The number of allylic oxidation sites excluding steroid dienone is 1. The lowest BCUT2D eigenvalue weighted by molar-refractivity contribution is 0.481. The number of hydrogen-bond donors (Lipinski definition) is 0. The molecule has 2 aromatic carbocycles. The average molecular weight is 335 g/mol. The van der Waals surface area contributed by atoms with Gasteiger partial charge in [0.25, 0.3) is 0 Å². The molecule has 0 aliphatic carbocycles. The van der Waals surface area contributed by atoms with Gasteiger partial charge in [0, 0.05) is 29.3 Å². The molecule has 0 N–H and O–H groups in total. The van der Waals surface area contributed by atoms with Gasteiger partial charge in [-0.1, -0.05) is 24.3 Å². The summed E-state index contributed by atoms with van der Waals surface area (Å²) in [5.74, 6) is 2.01. The fourth-order valence-corrected chi connectivity index (χ4v) is 4.68. The summed E-state index contributed by atoms with van der Waals surface area (Å²) < 4.78 is 8.35. The van der Waals surface area contributed by atoms with Gasteiger partial charge >= 0.3 is 0 Å². The molecule has 4 rings (SSSR count). The summed E-state index contributed by atoms with van der Waals surface area (Å²) in [5, 5.41) is 2.66. The van der Waals surface area contributed by atoms with Crippen molar-refractivity contribution in [2.45, 2.75) is 25.3 Å². The van der Waals surface area contributed by atoms with E-state index < -0.39 is 0 Å². The van der Waals surface area contributed by atoms with Crippen molar-refractivity contribution < 1.29 is 4.74 Å². The Morgan fingerprint density at radius 1 is 1.08 bits per heavy atom. The largest absolute Gasteiger partial charge is 0.465 e. The highest BCUT2D eigenvalue weighted by atomic mass is 32.2. The van der Waals surface area contributed by atoms with Crippen LogP contribution in [-0.4, -0.2) is 10.3 Å². The zero-order chi connectivity index (χ0) is 16.7. The Labute approximate surface area is 147 Å². The Morgan fingerprint density at radius 2 is 1.83 bits per heavy atom. The van der Waals surface area contributed by atoms with Crippen molar-refractivity contribution in [1.82, 2.24) is 4.57 Å². The van der Waals surface area contributed by atoms with E-state index in [0.717, 1.165) is 17.9 Å². The van der Waals surface area contributed by atoms with Crippen LogP contribution in [0.2, 0.25) is 0 Å². The predicted octanol–water partition coefficient (Wildman–Crippen LogP) is 5.71. The van der Waals surface area contributed by atoms with E-state index in [9.17, 15) is 0 Å². The minimum Gasteiger partial charge on any atom is -0.465 e. The molecule has 0 saturated carbocycles. The fourth-order valence-electron chi connectivity index (χ4n) is 3.49. The molecule has 0 atom stereocenters. The van der Waals surface area contributed by atoms with Crippen LogP contribution in [0.4, 0.5) is 0 Å². The van der Waals surface area contributed by atoms with Crippen LogP contribution >= 0.6 is 11.8 Å². The lowest BCUT2D eigenvalue weighted by Gasteiger charge is -2.16. The standard InChI is InChI=1S/C21H21NOS/c1-14-10-15(2)12-17(11-14)23-13-16-8-9-24-21-20(16)18-6-4-5-7-19(18)22(21)3/h4-7,10-13H,8-9H2,1-3H3/b16-13+. The summed E-state index contributed by atoms with van der Waals surface area (Å²) in [6.45, 7) is 4.21. The lowest BCUT2D eigenvalue weighted by atomic mass is 10.0. The maximum absolute atomic E-state index is 6.04. The molecule has 2 heterocycles. The number of rotatable bonds is 2. The van der Waals surface area contributed by atoms with Crippen LogP contribution in [0.15, 0.2) is 53.8 Å². The minimum absolute atomic E-state index is 0.917. The van der Waals surface area contributed by atoms with Crippen LogP contribution in [0, 0.1) is 13.8 Å². The smallest absolute Gasteiger partial charge is 0.127 e. The van der Waals surface area contributed by atoms with E-state index >= 15 is 0 Å². The van der Waals surface area contributed by atoms with Gasteiger partial charge in [0.1, 0.15) is 5.75 Å². The van der Waals surface area contributed by atoms with Crippen molar-refractivity contribution in [2.75, 3.05) is 5.75 Å². The molecular formula is C21H21NOS. The zero-order valence-electron chi connectivity index (χ0n) is 14.3. The molecule has 0 fully saturated rings. The monoisotopic (exact) mass is 335 g/mol. The van der Waals surface area contributed by atoms with Gasteiger partial charge < -0.3 is 9.30 Å². The van der Waals surface area contributed by atoms with E-state index in [2.05, 4.69) is 67.9 Å². The van der Waals surface area contributed by atoms with Crippen LogP contribution < -0.4 is 4.74 Å². The Hall–Kier alpha value is -2.13. The molecule has 3 aromatic rings. The number of fused-ring (bicyclic) bond motifs is 3. The van der Waals surface area contributed by atoms with Gasteiger partial charge in [0.2, 0.25) is 0 Å². The van der Waals surface area contributed by atoms with Gasteiger partial charge in [-0.05, 0) is 55.2 Å². The second-order valence-corrected chi connectivity index (χ2v) is 7.52. The highest BCUT2D eigenvalue weighted by Crippen LogP contribution is 2.42. The third-order valence-corrected chi connectivity index (χ3v) is 5.68. The van der Waals surface area contributed by atoms with Gasteiger partial charge in [0.15, 0.2) is 0 Å². The van der Waals surface area contributed by atoms with E-state index in [4.69, 9.17) is 4.74 Å². The number of hydrogen-bond acceptors (Lipinski definition) is 2. The Morgan fingerprint density at radius 3 is 2.62 bits per heavy atom. The van der Waals surface area contributed by atoms with E-state index in [1.165, 1.54) is 38.2 Å². The quantitative estimate of drug-likeness (QED) is 0.557. The van der Waals surface area contributed by atoms with Crippen molar-refractivity contribution in [3.63, 3.8) is 0 Å². The number of thioether (sulfide) groups is 1. The molecule has 2 nitrogen and oxygen atoms in total. The van der Waals surface area contributed by atoms with Crippen LogP contribution in [0.5, 0.6) is 5.75 Å². The molecule has 24 heavy (non-hydrogen) atoms. The third-order valence-electron chi connectivity index (χ3n) is 4.52. The summed E-state index contributed by atoms with van der Waals surface area (Å²) in [5.41, 5.74) is 6.38. The fraction of sp³-hybridized carbons (Fsp3) is 0.238. The molecule has 3 heteroatoms. The Bertz CT molecular complexity index is 932. The summed E-state index contributed by atoms with van der Waals surface area (Å²) in [6, 6.07) is 15.0. The number of nitrogens with zero attached hydrogens (tertiary/aromatic N) is 1. The molecule has 0 amide bonds. The zero-order valence-corrected chi connectivity index (χ0v) is 15.1. The van der Waals surface area contributed by atoms with Crippen molar-refractivity contribution in [3.8, 4) is 5.75 Å². The first kappa shape index (κ1) is 15.4. The SMILES string of the molecule is Cc1cc(C)cc(O/C=C2\CCSc3c2c2ccccc2n3C)c1.